The van der Waals surface area contributed by atoms with Crippen molar-refractivity contribution in [1.29, 1.82) is 0 Å². The van der Waals surface area contributed by atoms with Gasteiger partial charge >= 0.3 is 0 Å². The van der Waals surface area contributed by atoms with Crippen molar-refractivity contribution >= 4 is 5.91 Å². The molecule has 30 heavy (non-hydrogen) atoms. The third-order valence-electron chi connectivity index (χ3n) is 5.42. The third-order valence-corrected chi connectivity index (χ3v) is 5.42. The number of ether oxygens (including phenoxy) is 2. The lowest BCUT2D eigenvalue weighted by molar-refractivity contribution is 0.0712. The molecule has 0 spiro atoms. The van der Waals surface area contributed by atoms with E-state index in [1.165, 1.54) is 0 Å². The molecule has 0 aliphatic carbocycles. The number of amides is 1. The Hall–Kier alpha value is -3.12. The van der Waals surface area contributed by atoms with Crippen molar-refractivity contribution in [3.05, 3.63) is 71.9 Å². The molecule has 0 bridgehead atoms. The van der Waals surface area contributed by atoms with Crippen LogP contribution in [0, 0.1) is 0 Å². The number of nitrogens with one attached hydrogen (secondary N) is 1. The molecule has 1 N–H and O–H groups in total. The van der Waals surface area contributed by atoms with Crippen LogP contribution < -0.4 is 10.1 Å². The largest absolute Gasteiger partial charge is 0.497 e. The van der Waals surface area contributed by atoms with Crippen LogP contribution in [-0.4, -0.2) is 41.6 Å². The van der Waals surface area contributed by atoms with Gasteiger partial charge < -0.3 is 14.8 Å². The molecule has 2 atom stereocenters. The van der Waals surface area contributed by atoms with Gasteiger partial charge in [-0.05, 0) is 37.5 Å². The zero-order valence-corrected chi connectivity index (χ0v) is 17.4. The predicted octanol–water partition coefficient (Wildman–Crippen LogP) is 3.90. The molecule has 2 heterocycles. The first kappa shape index (κ1) is 20.2. The van der Waals surface area contributed by atoms with E-state index in [0.717, 1.165) is 36.3 Å². The fourth-order valence-corrected chi connectivity index (χ4v) is 3.80. The second kappa shape index (κ2) is 9.13. The van der Waals surface area contributed by atoms with E-state index in [1.54, 1.807) is 7.11 Å². The first-order chi connectivity index (χ1) is 14.6. The van der Waals surface area contributed by atoms with Crippen molar-refractivity contribution in [3.8, 4) is 17.0 Å². The molecule has 0 radical (unpaired) electrons. The Morgan fingerprint density at radius 1 is 1.27 bits per heavy atom. The van der Waals surface area contributed by atoms with Crippen LogP contribution in [0.4, 0.5) is 0 Å². The quantitative estimate of drug-likeness (QED) is 0.647. The minimum atomic E-state index is -0.143. The molecule has 1 aliphatic rings. The number of rotatable bonds is 7. The first-order valence-corrected chi connectivity index (χ1v) is 10.3. The van der Waals surface area contributed by atoms with Gasteiger partial charge in [0.2, 0.25) is 0 Å². The van der Waals surface area contributed by atoms with Crippen LogP contribution in [0.5, 0.6) is 5.75 Å². The lowest BCUT2D eigenvalue weighted by Crippen LogP contribution is -2.40. The van der Waals surface area contributed by atoms with Gasteiger partial charge in [-0.3, -0.25) is 9.48 Å². The maximum atomic E-state index is 13.2. The minimum Gasteiger partial charge on any atom is -0.497 e. The van der Waals surface area contributed by atoms with Crippen molar-refractivity contribution in [2.45, 2.75) is 38.5 Å². The molecule has 2 unspecified atom stereocenters. The zero-order chi connectivity index (χ0) is 20.9. The molecule has 1 fully saturated rings. The molecular formula is C24H27N3O3. The van der Waals surface area contributed by atoms with Gasteiger partial charge in [0.05, 0.1) is 31.4 Å². The Labute approximate surface area is 176 Å². The Balaban J connectivity index is 1.64. The van der Waals surface area contributed by atoms with Crippen LogP contribution in [0.25, 0.3) is 11.3 Å². The first-order valence-electron chi connectivity index (χ1n) is 10.3. The molecule has 6 nitrogen and oxygen atoms in total. The molecule has 6 heteroatoms. The van der Waals surface area contributed by atoms with Gasteiger partial charge in [-0.25, -0.2) is 0 Å². The summed E-state index contributed by atoms with van der Waals surface area (Å²) in [6, 6.07) is 17.6. The molecule has 1 aliphatic heterocycles. The topological polar surface area (TPSA) is 65.4 Å². The molecule has 1 amide bonds. The Morgan fingerprint density at radius 2 is 2.10 bits per heavy atom. The number of carbonyl (C=O) groups excluding carboxylic acids is 1. The van der Waals surface area contributed by atoms with Gasteiger partial charge in [-0.2, -0.15) is 5.10 Å². The van der Waals surface area contributed by atoms with Crippen LogP contribution in [0.3, 0.4) is 0 Å². The summed E-state index contributed by atoms with van der Waals surface area (Å²) in [5.74, 6) is 0.583. The summed E-state index contributed by atoms with van der Waals surface area (Å²) in [4.78, 5) is 13.2. The summed E-state index contributed by atoms with van der Waals surface area (Å²) >= 11 is 0. The normalized spacial score (nSPS) is 16.9. The Bertz CT molecular complexity index is 994. The van der Waals surface area contributed by atoms with Crippen molar-refractivity contribution in [3.63, 3.8) is 0 Å². The number of benzene rings is 2. The molecule has 0 saturated carbocycles. The van der Waals surface area contributed by atoms with Gasteiger partial charge in [0.15, 0.2) is 0 Å². The Morgan fingerprint density at radius 3 is 2.83 bits per heavy atom. The van der Waals surface area contributed by atoms with E-state index in [-0.39, 0.29) is 18.1 Å². The van der Waals surface area contributed by atoms with E-state index in [1.807, 2.05) is 72.4 Å². The number of carbonyl (C=O) groups is 1. The summed E-state index contributed by atoms with van der Waals surface area (Å²) in [5, 5.41) is 7.85. The summed E-state index contributed by atoms with van der Waals surface area (Å²) in [5.41, 5.74) is 3.15. The smallest absolute Gasteiger partial charge is 0.255 e. The molecule has 1 saturated heterocycles. The summed E-state index contributed by atoms with van der Waals surface area (Å²) in [6.45, 7) is 3.34. The fraction of sp³-hybridized carbons (Fsp3) is 0.333. The van der Waals surface area contributed by atoms with Crippen LogP contribution in [0.15, 0.2) is 60.8 Å². The maximum absolute atomic E-state index is 13.2. The monoisotopic (exact) mass is 405 g/mol. The number of hydrogen-bond donors (Lipinski definition) is 1. The van der Waals surface area contributed by atoms with Crippen molar-refractivity contribution in [2.24, 2.45) is 0 Å². The lowest BCUT2D eigenvalue weighted by atomic mass is 10.1. The number of hydrogen-bond acceptors (Lipinski definition) is 4. The summed E-state index contributed by atoms with van der Waals surface area (Å²) in [7, 11) is 1.63. The van der Waals surface area contributed by atoms with Crippen LogP contribution in [0.1, 0.15) is 35.7 Å². The zero-order valence-electron chi connectivity index (χ0n) is 17.4. The second-order valence-corrected chi connectivity index (χ2v) is 7.62. The summed E-state index contributed by atoms with van der Waals surface area (Å²) in [6.07, 6.45) is 3.89. The molecule has 3 aromatic rings. The average Bonchev–Trinajstić information content (AvgIpc) is 3.45. The highest BCUT2D eigenvalue weighted by Gasteiger charge is 2.26. The number of methoxy groups -OCH3 is 1. The molecule has 2 aromatic carbocycles. The Kier molecular flexibility index (Phi) is 6.14. The van der Waals surface area contributed by atoms with Crippen molar-refractivity contribution in [2.75, 3.05) is 13.7 Å². The van der Waals surface area contributed by atoms with Crippen LogP contribution >= 0.6 is 0 Å². The van der Waals surface area contributed by atoms with E-state index < -0.39 is 0 Å². The fourth-order valence-electron chi connectivity index (χ4n) is 3.80. The van der Waals surface area contributed by atoms with Crippen molar-refractivity contribution < 1.29 is 14.3 Å². The van der Waals surface area contributed by atoms with Gasteiger partial charge in [0.1, 0.15) is 11.4 Å². The number of aromatic nitrogens is 2. The highest BCUT2D eigenvalue weighted by atomic mass is 16.5. The van der Waals surface area contributed by atoms with Crippen LogP contribution in [0.2, 0.25) is 0 Å². The third kappa shape index (κ3) is 4.54. The number of nitrogens with zero attached hydrogens (tertiary/aromatic N) is 2. The van der Waals surface area contributed by atoms with E-state index >= 15 is 0 Å². The SMILES string of the molecule is COc1cccc(-c2nn(Cc3ccccc3)cc2C(=O)NC(C)C2CCCO2)c1. The van der Waals surface area contributed by atoms with E-state index in [2.05, 4.69) is 5.32 Å². The molecule has 1 aromatic heterocycles. The summed E-state index contributed by atoms with van der Waals surface area (Å²) < 4.78 is 12.9. The van der Waals surface area contributed by atoms with Crippen LogP contribution in [-0.2, 0) is 11.3 Å². The van der Waals surface area contributed by atoms with E-state index in [4.69, 9.17) is 14.6 Å². The second-order valence-electron chi connectivity index (χ2n) is 7.62. The van der Waals surface area contributed by atoms with Gasteiger partial charge in [0, 0.05) is 18.4 Å². The van der Waals surface area contributed by atoms with Gasteiger partial charge in [-0.1, -0.05) is 42.5 Å². The predicted molar refractivity (Wildman–Crippen MR) is 116 cm³/mol. The standard InChI is InChI=1S/C24H27N3O3/c1-17(22-12-7-13-30-22)25-24(28)21-16-27(15-18-8-4-3-5-9-18)26-23(21)19-10-6-11-20(14-19)29-2/h3-6,8-11,14,16-17,22H,7,12-13,15H2,1-2H3,(H,25,28). The maximum Gasteiger partial charge on any atom is 0.255 e. The minimum absolute atomic E-state index is 0.0596. The van der Waals surface area contributed by atoms with E-state index in [0.29, 0.717) is 17.8 Å². The van der Waals surface area contributed by atoms with Gasteiger partial charge in [-0.15, -0.1) is 0 Å². The highest BCUT2D eigenvalue weighted by Crippen LogP contribution is 2.26. The van der Waals surface area contributed by atoms with Crippen molar-refractivity contribution in [1.82, 2.24) is 15.1 Å². The lowest BCUT2D eigenvalue weighted by Gasteiger charge is -2.19. The average molecular weight is 405 g/mol. The molecular weight excluding hydrogens is 378 g/mol. The van der Waals surface area contributed by atoms with E-state index in [9.17, 15) is 4.79 Å². The molecule has 156 valence electrons. The molecule has 4 rings (SSSR count). The van der Waals surface area contributed by atoms with Gasteiger partial charge in [0.25, 0.3) is 5.91 Å². The highest BCUT2D eigenvalue weighted by molar-refractivity contribution is 6.00.